The van der Waals surface area contributed by atoms with E-state index in [1.165, 1.54) is 30.6 Å². The minimum Gasteiger partial charge on any atom is -0.374 e. The molecule has 0 aliphatic rings. The van der Waals surface area contributed by atoms with E-state index >= 15 is 0 Å². The Hall–Kier alpha value is -0.640. The third-order valence-electron chi connectivity index (χ3n) is 2.20. The highest BCUT2D eigenvalue weighted by atomic mass is 32.1. The Labute approximate surface area is 83.4 Å². The average Bonchev–Trinajstić information content (AvgIpc) is 2.54. The molecule has 74 valence electrons. The third-order valence-corrected chi connectivity index (χ3v) is 3.12. The van der Waals surface area contributed by atoms with Gasteiger partial charge in [0.25, 0.3) is 0 Å². The molecule has 2 N–H and O–H groups in total. The molecule has 0 amide bonds. The first-order valence-electron chi connectivity index (χ1n) is 4.86. The molecule has 1 aromatic rings. The van der Waals surface area contributed by atoms with Crippen LogP contribution in [-0.2, 0) is 0 Å². The smallest absolute Gasteiger partial charge is 0.203 e. The molecule has 1 aromatic heterocycles. The van der Waals surface area contributed by atoms with Crippen molar-refractivity contribution in [3.05, 3.63) is 5.01 Å². The van der Waals surface area contributed by atoms with Crippen LogP contribution in [0.2, 0.25) is 0 Å². The van der Waals surface area contributed by atoms with Gasteiger partial charge in [0.15, 0.2) is 0 Å². The van der Waals surface area contributed by atoms with Crippen molar-refractivity contribution in [2.45, 2.75) is 45.4 Å². The number of nitrogen functional groups attached to an aromatic ring is 1. The molecule has 4 heteroatoms. The van der Waals surface area contributed by atoms with E-state index in [4.69, 9.17) is 5.73 Å². The number of nitrogens with two attached hydrogens (primary N) is 1. The standard InChI is InChI=1S/C9H17N3S/c1-3-5-6-7(4-2)8-11-12-9(10)13-8/h7H,3-6H2,1-2H3,(H2,10,12)/t7-/m1/s1. The Balaban J connectivity index is 2.56. The molecule has 0 fully saturated rings. The first-order chi connectivity index (χ1) is 6.27. The summed E-state index contributed by atoms with van der Waals surface area (Å²) in [5, 5.41) is 9.62. The van der Waals surface area contributed by atoms with Crippen LogP contribution in [0.25, 0.3) is 0 Å². The molecule has 1 heterocycles. The van der Waals surface area contributed by atoms with Crippen LogP contribution < -0.4 is 5.73 Å². The Morgan fingerprint density at radius 3 is 2.62 bits per heavy atom. The first kappa shape index (κ1) is 10.4. The summed E-state index contributed by atoms with van der Waals surface area (Å²) < 4.78 is 0. The van der Waals surface area contributed by atoms with Crippen molar-refractivity contribution in [1.82, 2.24) is 10.2 Å². The van der Waals surface area contributed by atoms with Crippen molar-refractivity contribution in [2.24, 2.45) is 0 Å². The van der Waals surface area contributed by atoms with Gasteiger partial charge in [-0.25, -0.2) is 0 Å². The zero-order valence-electron chi connectivity index (χ0n) is 8.29. The van der Waals surface area contributed by atoms with Gasteiger partial charge >= 0.3 is 0 Å². The van der Waals surface area contributed by atoms with Crippen LogP contribution in [0.3, 0.4) is 0 Å². The number of hydrogen-bond acceptors (Lipinski definition) is 4. The number of hydrogen-bond donors (Lipinski definition) is 1. The first-order valence-corrected chi connectivity index (χ1v) is 5.68. The molecule has 0 unspecified atom stereocenters. The molecular weight excluding hydrogens is 182 g/mol. The fourth-order valence-electron chi connectivity index (χ4n) is 1.36. The third kappa shape index (κ3) is 2.95. The van der Waals surface area contributed by atoms with Crippen LogP contribution in [0.5, 0.6) is 0 Å². The predicted octanol–water partition coefficient (Wildman–Crippen LogP) is 2.80. The van der Waals surface area contributed by atoms with Crippen LogP contribution >= 0.6 is 11.3 Å². The molecular formula is C9H17N3S. The highest BCUT2D eigenvalue weighted by Crippen LogP contribution is 2.28. The maximum Gasteiger partial charge on any atom is 0.203 e. The minimum absolute atomic E-state index is 0.565. The zero-order chi connectivity index (χ0) is 9.68. The Morgan fingerprint density at radius 2 is 2.15 bits per heavy atom. The number of rotatable bonds is 5. The molecule has 0 spiro atoms. The zero-order valence-corrected chi connectivity index (χ0v) is 9.10. The van der Waals surface area contributed by atoms with Crippen molar-refractivity contribution in [3.8, 4) is 0 Å². The van der Waals surface area contributed by atoms with Gasteiger partial charge in [-0.1, -0.05) is 38.0 Å². The lowest BCUT2D eigenvalue weighted by atomic mass is 10.0. The summed E-state index contributed by atoms with van der Waals surface area (Å²) in [6.07, 6.45) is 4.85. The second kappa shape index (κ2) is 5.17. The van der Waals surface area contributed by atoms with Crippen molar-refractivity contribution in [3.63, 3.8) is 0 Å². The molecule has 13 heavy (non-hydrogen) atoms. The quantitative estimate of drug-likeness (QED) is 0.793. The number of anilines is 1. The Kier molecular flexibility index (Phi) is 4.15. The van der Waals surface area contributed by atoms with Crippen molar-refractivity contribution in [2.75, 3.05) is 5.73 Å². The molecule has 0 saturated carbocycles. The van der Waals surface area contributed by atoms with E-state index in [2.05, 4.69) is 24.0 Å². The highest BCUT2D eigenvalue weighted by molar-refractivity contribution is 7.15. The molecule has 0 aromatic carbocycles. The van der Waals surface area contributed by atoms with Crippen LogP contribution in [0.15, 0.2) is 0 Å². The van der Waals surface area contributed by atoms with E-state index in [1.54, 1.807) is 0 Å². The molecule has 0 aliphatic carbocycles. The highest BCUT2D eigenvalue weighted by Gasteiger charge is 2.13. The Bertz CT molecular complexity index is 247. The molecule has 0 aliphatic heterocycles. The van der Waals surface area contributed by atoms with Gasteiger partial charge in [-0.2, -0.15) is 0 Å². The molecule has 0 radical (unpaired) electrons. The number of aromatic nitrogens is 2. The van der Waals surface area contributed by atoms with E-state index in [0.717, 1.165) is 11.4 Å². The SMILES string of the molecule is CCCC[C@@H](CC)c1nnc(N)s1. The van der Waals surface area contributed by atoms with Crippen molar-refractivity contribution < 1.29 is 0 Å². The molecule has 1 rings (SSSR count). The Morgan fingerprint density at radius 1 is 1.38 bits per heavy atom. The summed E-state index contributed by atoms with van der Waals surface area (Å²) in [5.41, 5.74) is 5.54. The largest absolute Gasteiger partial charge is 0.374 e. The normalized spacial score (nSPS) is 13.1. The van der Waals surface area contributed by atoms with Crippen LogP contribution in [0.4, 0.5) is 5.13 Å². The average molecular weight is 199 g/mol. The lowest BCUT2D eigenvalue weighted by Crippen LogP contribution is -1.96. The van der Waals surface area contributed by atoms with Crippen molar-refractivity contribution >= 4 is 16.5 Å². The molecule has 0 saturated heterocycles. The lowest BCUT2D eigenvalue weighted by molar-refractivity contribution is 0.563. The van der Waals surface area contributed by atoms with Gasteiger partial charge in [-0.3, -0.25) is 0 Å². The summed E-state index contributed by atoms with van der Waals surface area (Å²) in [5.74, 6) is 0.565. The van der Waals surface area contributed by atoms with E-state index in [9.17, 15) is 0 Å². The van der Waals surface area contributed by atoms with Gasteiger partial charge in [0, 0.05) is 5.92 Å². The van der Waals surface area contributed by atoms with E-state index in [-0.39, 0.29) is 0 Å². The fourth-order valence-corrected chi connectivity index (χ4v) is 2.19. The maximum atomic E-state index is 5.54. The molecule has 1 atom stereocenters. The topological polar surface area (TPSA) is 51.8 Å². The predicted molar refractivity (Wildman–Crippen MR) is 56.9 cm³/mol. The summed E-state index contributed by atoms with van der Waals surface area (Å²) in [6, 6.07) is 0. The molecule has 3 nitrogen and oxygen atoms in total. The lowest BCUT2D eigenvalue weighted by Gasteiger charge is -2.09. The molecule has 0 bridgehead atoms. The fraction of sp³-hybridized carbons (Fsp3) is 0.778. The van der Waals surface area contributed by atoms with Crippen LogP contribution in [0.1, 0.15) is 50.5 Å². The summed E-state index contributed by atoms with van der Waals surface area (Å²) in [7, 11) is 0. The second-order valence-corrected chi connectivity index (χ2v) is 4.27. The van der Waals surface area contributed by atoms with Crippen molar-refractivity contribution in [1.29, 1.82) is 0 Å². The van der Waals surface area contributed by atoms with Crippen LogP contribution in [-0.4, -0.2) is 10.2 Å². The number of unbranched alkanes of at least 4 members (excludes halogenated alkanes) is 1. The van der Waals surface area contributed by atoms with Gasteiger partial charge in [-0.05, 0) is 12.8 Å². The van der Waals surface area contributed by atoms with Gasteiger partial charge < -0.3 is 5.73 Å². The monoisotopic (exact) mass is 199 g/mol. The van der Waals surface area contributed by atoms with Gasteiger partial charge in [0.2, 0.25) is 5.13 Å². The van der Waals surface area contributed by atoms with E-state index in [1.807, 2.05) is 0 Å². The van der Waals surface area contributed by atoms with Crippen LogP contribution in [0, 0.1) is 0 Å². The van der Waals surface area contributed by atoms with E-state index in [0.29, 0.717) is 11.0 Å². The maximum absolute atomic E-state index is 5.54. The van der Waals surface area contributed by atoms with Gasteiger partial charge in [0.1, 0.15) is 5.01 Å². The summed E-state index contributed by atoms with van der Waals surface area (Å²) >= 11 is 1.53. The van der Waals surface area contributed by atoms with Gasteiger partial charge in [-0.15, -0.1) is 10.2 Å². The van der Waals surface area contributed by atoms with Gasteiger partial charge in [0.05, 0.1) is 0 Å². The number of nitrogens with zero attached hydrogens (tertiary/aromatic N) is 2. The summed E-state index contributed by atoms with van der Waals surface area (Å²) in [4.78, 5) is 0. The minimum atomic E-state index is 0.565. The summed E-state index contributed by atoms with van der Waals surface area (Å²) in [6.45, 7) is 4.40. The second-order valence-electron chi connectivity index (χ2n) is 3.23. The van der Waals surface area contributed by atoms with E-state index < -0.39 is 0 Å².